The molecule has 0 N–H and O–H groups in total. The van der Waals surface area contributed by atoms with Crippen molar-refractivity contribution in [3.8, 4) is 18.5 Å². The van der Waals surface area contributed by atoms with Gasteiger partial charge in [-0.25, -0.2) is 4.98 Å². The molecule has 0 saturated heterocycles. The molecule has 0 spiro atoms. The van der Waals surface area contributed by atoms with E-state index in [1.54, 1.807) is 6.92 Å². The molecular weight excluding hydrogens is 388 g/mol. The van der Waals surface area contributed by atoms with E-state index in [-0.39, 0.29) is 5.78 Å². The predicted molar refractivity (Wildman–Crippen MR) is 130 cm³/mol. The maximum Gasteiger partial charge on any atom is 0.173 e. The number of hydrogen-bond acceptors (Lipinski definition) is 3. The van der Waals surface area contributed by atoms with E-state index in [1.165, 1.54) is 47.4 Å². The zero-order valence-electron chi connectivity index (χ0n) is 18.7. The molecule has 0 radical (unpaired) electrons. The Balaban J connectivity index is 0.000000573. The van der Waals surface area contributed by atoms with Gasteiger partial charge < -0.3 is 0 Å². The summed E-state index contributed by atoms with van der Waals surface area (Å²) in [5, 5.41) is 3.34. The Kier molecular flexibility index (Phi) is 8.32. The van der Waals surface area contributed by atoms with Gasteiger partial charge in [0.1, 0.15) is 5.78 Å². The number of Topliss-reactive ketones (excluding diaryl/α,β-unsaturated/α-hetero) is 1. The number of ketones is 1. The molecule has 0 atom stereocenters. The summed E-state index contributed by atoms with van der Waals surface area (Å²) < 4.78 is 1.66. The maximum atomic E-state index is 12.0. The SMILES string of the molecule is C#C.C1CC1.CCc1ccc(-n2c(C)cnc2SC(C)(C)C(C)=O)c2ccccc12. The Hall–Kier alpha value is -2.51. The van der Waals surface area contributed by atoms with E-state index < -0.39 is 4.75 Å². The average Bonchev–Trinajstić information content (AvgIpc) is 3.59. The maximum absolute atomic E-state index is 12.0. The minimum atomic E-state index is -0.505. The molecule has 1 aliphatic carbocycles. The minimum Gasteiger partial charge on any atom is -0.298 e. The van der Waals surface area contributed by atoms with Crippen LogP contribution in [-0.4, -0.2) is 20.1 Å². The van der Waals surface area contributed by atoms with Gasteiger partial charge in [-0.1, -0.05) is 68.3 Å². The summed E-state index contributed by atoms with van der Waals surface area (Å²) >= 11 is 1.52. The topological polar surface area (TPSA) is 34.9 Å². The van der Waals surface area contributed by atoms with Crippen LogP contribution in [0.3, 0.4) is 0 Å². The molecule has 4 heteroatoms. The van der Waals surface area contributed by atoms with Gasteiger partial charge in [-0.2, -0.15) is 0 Å². The van der Waals surface area contributed by atoms with E-state index in [2.05, 4.69) is 72.6 Å². The van der Waals surface area contributed by atoms with E-state index >= 15 is 0 Å². The predicted octanol–water partition coefficient (Wildman–Crippen LogP) is 6.78. The van der Waals surface area contributed by atoms with E-state index in [9.17, 15) is 4.79 Å². The molecule has 4 rings (SSSR count). The van der Waals surface area contributed by atoms with Crippen molar-refractivity contribution in [2.45, 2.75) is 70.2 Å². The van der Waals surface area contributed by atoms with E-state index in [0.717, 1.165) is 23.0 Å². The van der Waals surface area contributed by atoms with Crippen LogP contribution in [0.2, 0.25) is 0 Å². The number of imidazole rings is 1. The quantitative estimate of drug-likeness (QED) is 0.337. The highest BCUT2D eigenvalue weighted by Crippen LogP contribution is 2.36. The molecule has 3 nitrogen and oxygen atoms in total. The number of carbonyl (C=O) groups excluding carboxylic acids is 1. The number of benzene rings is 2. The van der Waals surface area contributed by atoms with E-state index in [1.807, 2.05) is 20.0 Å². The minimum absolute atomic E-state index is 0.149. The third-order valence-corrected chi connectivity index (χ3v) is 6.34. The second-order valence-electron chi connectivity index (χ2n) is 7.89. The van der Waals surface area contributed by atoms with E-state index in [0.29, 0.717) is 0 Å². The summed E-state index contributed by atoms with van der Waals surface area (Å²) in [5.74, 6) is 0.149. The second kappa shape index (κ2) is 10.5. The van der Waals surface area contributed by atoms with Gasteiger partial charge in [-0.15, -0.1) is 12.8 Å². The number of hydrogen-bond donors (Lipinski definition) is 0. The smallest absolute Gasteiger partial charge is 0.173 e. The Labute approximate surface area is 185 Å². The van der Waals surface area contributed by atoms with Crippen molar-refractivity contribution in [1.29, 1.82) is 0 Å². The molecule has 3 aromatic rings. The van der Waals surface area contributed by atoms with Crippen LogP contribution in [0.5, 0.6) is 0 Å². The van der Waals surface area contributed by atoms with Crippen molar-refractivity contribution in [3.63, 3.8) is 0 Å². The Bertz CT molecular complexity index is 1030. The lowest BCUT2D eigenvalue weighted by atomic mass is 10.0. The Morgan fingerprint density at radius 3 is 2.23 bits per heavy atom. The fourth-order valence-corrected chi connectivity index (χ4v) is 3.97. The summed E-state index contributed by atoms with van der Waals surface area (Å²) in [5.41, 5.74) is 3.52. The first-order valence-corrected chi connectivity index (χ1v) is 11.3. The van der Waals surface area contributed by atoms with Gasteiger partial charge in [-0.05, 0) is 51.1 Å². The molecule has 0 amide bonds. The van der Waals surface area contributed by atoms with Crippen LogP contribution in [0.25, 0.3) is 16.5 Å². The molecule has 0 unspecified atom stereocenters. The van der Waals surface area contributed by atoms with Crippen LogP contribution < -0.4 is 0 Å². The van der Waals surface area contributed by atoms with Gasteiger partial charge in [0, 0.05) is 17.3 Å². The second-order valence-corrected chi connectivity index (χ2v) is 9.48. The molecule has 0 bridgehead atoms. The number of terminal acetylenes is 1. The number of aromatic nitrogens is 2. The third kappa shape index (κ3) is 5.55. The molecule has 30 heavy (non-hydrogen) atoms. The summed E-state index contributed by atoms with van der Waals surface area (Å²) in [6, 6.07) is 12.9. The standard InChI is InChI=1S/C21H24N2OS.C3H6.C2H2/c1-6-16-11-12-19(18-10-8-7-9-17(16)18)23-14(2)13-22-20(23)25-21(4,5)15(3)24;1-2-3-1;1-2/h7-13H,6H2,1-5H3;1-3H2;1-2H. The van der Waals surface area contributed by atoms with Gasteiger partial charge in [0.2, 0.25) is 0 Å². The van der Waals surface area contributed by atoms with Crippen molar-refractivity contribution < 1.29 is 4.79 Å². The lowest BCUT2D eigenvalue weighted by Crippen LogP contribution is -2.25. The van der Waals surface area contributed by atoms with Gasteiger partial charge >= 0.3 is 0 Å². The molecule has 1 aliphatic rings. The number of nitrogens with zero attached hydrogens (tertiary/aromatic N) is 2. The molecular formula is C26H32N2OS. The summed E-state index contributed by atoms with van der Waals surface area (Å²) in [6.45, 7) is 9.78. The van der Waals surface area contributed by atoms with Crippen LogP contribution in [0, 0.1) is 19.8 Å². The van der Waals surface area contributed by atoms with Crippen LogP contribution in [-0.2, 0) is 11.2 Å². The molecule has 1 fully saturated rings. The van der Waals surface area contributed by atoms with Gasteiger partial charge in [0.25, 0.3) is 0 Å². The highest BCUT2D eigenvalue weighted by atomic mass is 32.2. The fourth-order valence-electron chi connectivity index (χ4n) is 2.93. The zero-order valence-corrected chi connectivity index (χ0v) is 19.6. The first-order chi connectivity index (χ1) is 14.3. The van der Waals surface area contributed by atoms with Crippen LogP contribution in [0.15, 0.2) is 47.8 Å². The van der Waals surface area contributed by atoms with Gasteiger partial charge in [0.05, 0.1) is 10.4 Å². The van der Waals surface area contributed by atoms with Crippen LogP contribution >= 0.6 is 11.8 Å². The first kappa shape index (κ1) is 23.8. The zero-order chi connectivity index (χ0) is 22.3. The van der Waals surface area contributed by atoms with Crippen molar-refractivity contribution in [3.05, 3.63) is 53.9 Å². The normalized spacial score (nSPS) is 12.4. The average molecular weight is 421 g/mol. The molecule has 1 heterocycles. The molecule has 0 aliphatic heterocycles. The summed E-state index contributed by atoms with van der Waals surface area (Å²) in [7, 11) is 0. The third-order valence-electron chi connectivity index (χ3n) is 5.07. The Morgan fingerprint density at radius 1 is 1.10 bits per heavy atom. The van der Waals surface area contributed by atoms with Crippen LogP contribution in [0.1, 0.15) is 58.2 Å². The number of fused-ring (bicyclic) bond motifs is 1. The highest BCUT2D eigenvalue weighted by molar-refractivity contribution is 8.01. The molecule has 158 valence electrons. The number of aryl methyl sites for hydroxylation is 2. The van der Waals surface area contributed by atoms with Gasteiger partial charge in [0.15, 0.2) is 5.16 Å². The Morgan fingerprint density at radius 2 is 1.70 bits per heavy atom. The largest absolute Gasteiger partial charge is 0.298 e. The molecule has 1 aromatic heterocycles. The summed E-state index contributed by atoms with van der Waals surface area (Å²) in [4.78, 5) is 16.5. The van der Waals surface area contributed by atoms with E-state index in [4.69, 9.17) is 0 Å². The fraction of sp³-hybridized carbons (Fsp3) is 0.385. The highest BCUT2D eigenvalue weighted by Gasteiger charge is 2.28. The van der Waals surface area contributed by atoms with Crippen LogP contribution in [0.4, 0.5) is 0 Å². The number of thioether (sulfide) groups is 1. The lowest BCUT2D eigenvalue weighted by Gasteiger charge is -2.21. The monoisotopic (exact) mass is 420 g/mol. The molecule has 1 saturated carbocycles. The van der Waals surface area contributed by atoms with Crippen molar-refractivity contribution in [2.75, 3.05) is 0 Å². The first-order valence-electron chi connectivity index (χ1n) is 10.4. The summed E-state index contributed by atoms with van der Waals surface area (Å²) in [6.07, 6.45) is 15.4. The molecule has 2 aromatic carbocycles. The van der Waals surface area contributed by atoms with Crippen molar-refractivity contribution in [1.82, 2.24) is 9.55 Å². The van der Waals surface area contributed by atoms with Gasteiger partial charge in [-0.3, -0.25) is 9.36 Å². The lowest BCUT2D eigenvalue weighted by molar-refractivity contribution is -0.118. The van der Waals surface area contributed by atoms with Crippen molar-refractivity contribution in [2.24, 2.45) is 0 Å². The number of carbonyl (C=O) groups is 1. The number of rotatable bonds is 5. The van der Waals surface area contributed by atoms with Crippen molar-refractivity contribution >= 4 is 28.3 Å².